The molecule has 2 heterocycles. The molecular formula is C19H25N3O2S. The summed E-state index contributed by atoms with van der Waals surface area (Å²) in [4.78, 5) is 21.9. The van der Waals surface area contributed by atoms with Gasteiger partial charge in [0.05, 0.1) is 29.1 Å². The largest absolute Gasteiger partial charge is 0.381 e. The first-order valence-electron chi connectivity index (χ1n) is 9.33. The second-order valence-electron chi connectivity index (χ2n) is 7.07. The summed E-state index contributed by atoms with van der Waals surface area (Å²) in [5.74, 6) is 1.29. The maximum absolute atomic E-state index is 12.4. The van der Waals surface area contributed by atoms with Gasteiger partial charge in [0.2, 0.25) is 5.91 Å². The third kappa shape index (κ3) is 4.23. The van der Waals surface area contributed by atoms with E-state index in [1.165, 1.54) is 25.7 Å². The van der Waals surface area contributed by atoms with Crippen LogP contribution in [0.2, 0.25) is 0 Å². The lowest BCUT2D eigenvalue weighted by atomic mass is 9.96. The summed E-state index contributed by atoms with van der Waals surface area (Å²) in [6.07, 6.45) is 13.0. The van der Waals surface area contributed by atoms with Crippen molar-refractivity contribution in [3.8, 4) is 0 Å². The molecule has 0 bridgehead atoms. The number of aliphatic imine (C=N–C) groups is 2. The molecule has 4 aliphatic rings. The van der Waals surface area contributed by atoms with Crippen LogP contribution in [0.3, 0.4) is 0 Å². The molecule has 1 N–H and O–H groups in total. The molecule has 1 atom stereocenters. The van der Waals surface area contributed by atoms with E-state index in [9.17, 15) is 4.79 Å². The Kier molecular flexibility index (Phi) is 5.36. The van der Waals surface area contributed by atoms with Crippen molar-refractivity contribution in [2.45, 2.75) is 49.8 Å². The Balaban J connectivity index is 1.44. The third-order valence-corrected chi connectivity index (χ3v) is 6.55. The molecule has 2 fully saturated rings. The molecule has 1 amide bonds. The van der Waals surface area contributed by atoms with Crippen molar-refractivity contribution in [1.82, 2.24) is 5.32 Å². The number of carbonyl (C=O) groups excluding carboxylic acids is 1. The molecule has 0 aromatic rings. The standard InChI is InChI=1S/C19H25N3O2S/c23-19-16-6-5-14(20-13-3-1-2-4-13)11-17(16)21-18(22-19)12-25-15-7-9-24-10-8-15/h5-6,11,13,15-16H,1-4,7-10,12H2,(H,21,22,23). The number of nitrogens with zero attached hydrogens (tertiary/aromatic N) is 2. The number of carbonyl (C=O) groups is 1. The van der Waals surface area contributed by atoms with Crippen LogP contribution in [0.1, 0.15) is 38.5 Å². The van der Waals surface area contributed by atoms with Crippen molar-refractivity contribution < 1.29 is 9.53 Å². The minimum Gasteiger partial charge on any atom is -0.381 e. The van der Waals surface area contributed by atoms with Crippen molar-refractivity contribution in [2.75, 3.05) is 19.0 Å². The predicted molar refractivity (Wildman–Crippen MR) is 102 cm³/mol. The van der Waals surface area contributed by atoms with Crippen LogP contribution in [-0.2, 0) is 9.53 Å². The fraction of sp³-hybridized carbons (Fsp3) is 0.632. The number of fused-ring (bicyclic) bond motifs is 1. The molecule has 4 rings (SSSR count). The van der Waals surface area contributed by atoms with Crippen molar-refractivity contribution in [2.24, 2.45) is 15.9 Å². The van der Waals surface area contributed by atoms with E-state index in [0.717, 1.165) is 49.1 Å². The Bertz CT molecular complexity index is 641. The van der Waals surface area contributed by atoms with Gasteiger partial charge >= 0.3 is 0 Å². The first-order valence-corrected chi connectivity index (χ1v) is 10.4. The number of rotatable bonds is 4. The van der Waals surface area contributed by atoms with Gasteiger partial charge in [0.1, 0.15) is 5.84 Å². The van der Waals surface area contributed by atoms with Crippen molar-refractivity contribution >= 4 is 29.2 Å². The second-order valence-corrected chi connectivity index (χ2v) is 8.36. The Morgan fingerprint density at radius 2 is 2.04 bits per heavy atom. The monoisotopic (exact) mass is 359 g/mol. The topological polar surface area (TPSA) is 63.0 Å². The van der Waals surface area contributed by atoms with Gasteiger partial charge in [-0.2, -0.15) is 11.8 Å². The van der Waals surface area contributed by atoms with Crippen molar-refractivity contribution in [3.05, 3.63) is 23.9 Å². The first-order chi connectivity index (χ1) is 12.3. The van der Waals surface area contributed by atoms with Crippen molar-refractivity contribution in [1.29, 1.82) is 0 Å². The molecule has 1 saturated carbocycles. The van der Waals surface area contributed by atoms with E-state index in [0.29, 0.717) is 11.3 Å². The van der Waals surface area contributed by atoms with Crippen LogP contribution in [0.15, 0.2) is 33.9 Å². The molecule has 0 spiro atoms. The Hall–Kier alpha value is -1.40. The fourth-order valence-corrected chi connectivity index (χ4v) is 4.80. The smallest absolute Gasteiger partial charge is 0.238 e. The van der Waals surface area contributed by atoms with Gasteiger partial charge in [0.15, 0.2) is 0 Å². The van der Waals surface area contributed by atoms with E-state index in [1.54, 1.807) is 0 Å². The lowest BCUT2D eigenvalue weighted by Crippen LogP contribution is -2.42. The SMILES string of the molecule is O=C1NC(CSC2CCOCC2)=NC2=CC(=NC3CCCC3)C=CC12. The fourth-order valence-electron chi connectivity index (χ4n) is 3.74. The molecule has 1 unspecified atom stereocenters. The van der Waals surface area contributed by atoms with Crippen LogP contribution in [0.25, 0.3) is 0 Å². The van der Waals surface area contributed by atoms with E-state index >= 15 is 0 Å². The maximum atomic E-state index is 12.4. The second kappa shape index (κ2) is 7.87. The van der Waals surface area contributed by atoms with Crippen LogP contribution in [0.5, 0.6) is 0 Å². The van der Waals surface area contributed by atoms with E-state index in [-0.39, 0.29) is 11.8 Å². The molecule has 25 heavy (non-hydrogen) atoms. The molecule has 5 nitrogen and oxygen atoms in total. The summed E-state index contributed by atoms with van der Waals surface area (Å²) in [6, 6.07) is 0.443. The zero-order valence-electron chi connectivity index (χ0n) is 14.4. The average Bonchev–Trinajstić information content (AvgIpc) is 3.14. The van der Waals surface area contributed by atoms with Gasteiger partial charge in [0, 0.05) is 18.5 Å². The van der Waals surface area contributed by atoms with E-state index in [2.05, 4.69) is 5.32 Å². The van der Waals surface area contributed by atoms with Gasteiger partial charge in [-0.15, -0.1) is 0 Å². The summed E-state index contributed by atoms with van der Waals surface area (Å²) in [7, 11) is 0. The van der Waals surface area contributed by atoms with Crippen molar-refractivity contribution in [3.63, 3.8) is 0 Å². The number of nitrogens with one attached hydrogen (secondary N) is 1. The van der Waals surface area contributed by atoms with Gasteiger partial charge in [-0.25, -0.2) is 4.99 Å². The Morgan fingerprint density at radius 3 is 2.84 bits per heavy atom. The van der Waals surface area contributed by atoms with Crippen LogP contribution in [-0.4, -0.2) is 47.7 Å². The van der Waals surface area contributed by atoms with Crippen LogP contribution in [0.4, 0.5) is 0 Å². The van der Waals surface area contributed by atoms with Crippen LogP contribution < -0.4 is 5.32 Å². The maximum Gasteiger partial charge on any atom is 0.238 e. The van der Waals surface area contributed by atoms with Gasteiger partial charge in [-0.05, 0) is 37.8 Å². The summed E-state index contributed by atoms with van der Waals surface area (Å²) in [5.41, 5.74) is 1.80. The Labute approximate surface area is 153 Å². The molecule has 0 aromatic carbocycles. The summed E-state index contributed by atoms with van der Waals surface area (Å²) in [6.45, 7) is 1.69. The number of hydrogen-bond acceptors (Lipinski definition) is 5. The highest BCUT2D eigenvalue weighted by molar-refractivity contribution is 8.00. The normalized spacial score (nSPS) is 29.4. The molecule has 0 radical (unpaired) electrons. The first kappa shape index (κ1) is 17.0. The van der Waals surface area contributed by atoms with Crippen LogP contribution in [0, 0.1) is 5.92 Å². The summed E-state index contributed by atoms with van der Waals surface area (Å²) >= 11 is 1.87. The van der Waals surface area contributed by atoms with Gasteiger partial charge in [-0.1, -0.05) is 18.9 Å². The van der Waals surface area contributed by atoms with E-state index < -0.39 is 0 Å². The number of amides is 1. The molecule has 1 saturated heterocycles. The molecule has 2 aliphatic carbocycles. The lowest BCUT2D eigenvalue weighted by molar-refractivity contribution is -0.121. The summed E-state index contributed by atoms with van der Waals surface area (Å²) in [5, 5.41) is 3.57. The Morgan fingerprint density at radius 1 is 1.24 bits per heavy atom. The number of allylic oxidation sites excluding steroid dienone is 2. The molecule has 2 aliphatic heterocycles. The number of amidine groups is 1. The van der Waals surface area contributed by atoms with Gasteiger partial charge < -0.3 is 10.1 Å². The zero-order valence-corrected chi connectivity index (χ0v) is 15.3. The van der Waals surface area contributed by atoms with E-state index in [1.807, 2.05) is 30.0 Å². The highest BCUT2D eigenvalue weighted by atomic mass is 32.2. The lowest BCUT2D eigenvalue weighted by Gasteiger charge is -2.26. The minimum atomic E-state index is -0.264. The number of ether oxygens (including phenoxy) is 1. The molecule has 134 valence electrons. The van der Waals surface area contributed by atoms with Gasteiger partial charge in [0.25, 0.3) is 0 Å². The minimum absolute atomic E-state index is 0.0278. The summed E-state index contributed by atoms with van der Waals surface area (Å²) < 4.78 is 5.40. The van der Waals surface area contributed by atoms with Gasteiger partial charge in [-0.3, -0.25) is 9.79 Å². The molecule has 0 aromatic heterocycles. The average molecular weight is 359 g/mol. The highest BCUT2D eigenvalue weighted by Gasteiger charge is 2.29. The zero-order chi connectivity index (χ0) is 17.1. The highest BCUT2D eigenvalue weighted by Crippen LogP contribution is 2.27. The predicted octanol–water partition coefficient (Wildman–Crippen LogP) is 2.88. The number of thioether (sulfide) groups is 1. The molecule has 6 heteroatoms. The van der Waals surface area contributed by atoms with Crippen LogP contribution >= 0.6 is 11.8 Å². The quantitative estimate of drug-likeness (QED) is 0.839. The molecular weight excluding hydrogens is 334 g/mol. The third-order valence-electron chi connectivity index (χ3n) is 5.17. The number of hydrogen-bond donors (Lipinski definition) is 1. The van der Waals surface area contributed by atoms with E-state index in [4.69, 9.17) is 14.7 Å².